The van der Waals surface area contributed by atoms with Gasteiger partial charge in [-0.1, -0.05) is 13.8 Å². The first-order chi connectivity index (χ1) is 18.2. The summed E-state index contributed by atoms with van der Waals surface area (Å²) < 4.78 is 21.9. The van der Waals surface area contributed by atoms with Crippen molar-refractivity contribution in [2.75, 3.05) is 33.4 Å². The molecule has 0 amide bonds. The van der Waals surface area contributed by atoms with Crippen LogP contribution in [0.1, 0.15) is 96.9 Å². The number of hydrogen-bond donors (Lipinski definition) is 1. The molecule has 0 aromatic rings. The van der Waals surface area contributed by atoms with Gasteiger partial charge in [0.05, 0.1) is 0 Å². The molecule has 2 N–H and O–H groups in total. The Morgan fingerprint density at radius 1 is 0.641 bits per heavy atom. The van der Waals surface area contributed by atoms with E-state index in [1.165, 1.54) is 7.05 Å². The summed E-state index contributed by atoms with van der Waals surface area (Å²) in [5.41, 5.74) is 4.50. The van der Waals surface area contributed by atoms with Gasteiger partial charge in [0.1, 0.15) is 13.2 Å². The minimum absolute atomic E-state index is 0.278. The Morgan fingerprint density at radius 3 is 1.26 bits per heavy atom. The molecule has 0 aromatic heterocycles. The summed E-state index contributed by atoms with van der Waals surface area (Å²) in [6.07, 6.45) is 0. The van der Waals surface area contributed by atoms with Gasteiger partial charge < -0.3 is 24.5 Å². The molecule has 0 bridgehead atoms. The molecular weight excluding hydrogens is 554 g/mol. The first-order valence-electron chi connectivity index (χ1n) is 14.0. The monoisotopic (exact) mass is 614 g/mol. The van der Waals surface area contributed by atoms with Gasteiger partial charge >= 0.3 is 0 Å². The molecule has 0 radical (unpaired) electrons. The molecule has 9 nitrogen and oxygen atoms in total. The molecule has 234 valence electrons. The van der Waals surface area contributed by atoms with Crippen LogP contribution in [0.15, 0.2) is 0 Å². The highest BCUT2D eigenvalue weighted by atomic mass is 35.7. The normalized spacial score (nSPS) is 12.7. The van der Waals surface area contributed by atoms with Crippen LogP contribution in [-0.4, -0.2) is 84.0 Å². The molecule has 2 unspecified atom stereocenters. The molecule has 0 heterocycles. The van der Waals surface area contributed by atoms with Gasteiger partial charge in [0.15, 0.2) is 0 Å². The van der Waals surface area contributed by atoms with E-state index in [9.17, 15) is 0 Å². The van der Waals surface area contributed by atoms with Crippen LogP contribution in [-0.2, 0) is 13.7 Å². The van der Waals surface area contributed by atoms with Crippen LogP contribution >= 0.6 is 27.4 Å². The second-order valence-corrected chi connectivity index (χ2v) is 13.1. The largest absolute Gasteiger partial charge is 0.333 e. The molecule has 0 saturated carbocycles. The van der Waals surface area contributed by atoms with Crippen LogP contribution < -0.4 is 5.73 Å². The highest BCUT2D eigenvalue weighted by molar-refractivity contribution is 7.78. The van der Waals surface area contributed by atoms with Crippen molar-refractivity contribution in [1.82, 2.24) is 14.4 Å². The molecule has 0 aliphatic carbocycles. The second-order valence-electron chi connectivity index (χ2n) is 9.66. The summed E-state index contributed by atoms with van der Waals surface area (Å²) in [6, 6.07) is 1.94. The lowest BCUT2D eigenvalue weighted by molar-refractivity contribution is -0.120. The van der Waals surface area contributed by atoms with Crippen molar-refractivity contribution in [3.63, 3.8) is 0 Å². The summed E-state index contributed by atoms with van der Waals surface area (Å²) in [5.74, 6) is 0. The fourth-order valence-electron chi connectivity index (χ4n) is 3.32. The van der Waals surface area contributed by atoms with E-state index >= 15 is 0 Å². The lowest BCUT2D eigenvalue weighted by Crippen LogP contribution is -2.40. The summed E-state index contributed by atoms with van der Waals surface area (Å²) in [5, 5.41) is 1.99. The topological polar surface area (TPSA) is 72.1 Å². The lowest BCUT2D eigenvalue weighted by Gasteiger charge is -2.39. The summed E-state index contributed by atoms with van der Waals surface area (Å²) >= 11 is 6.14. The van der Waals surface area contributed by atoms with Crippen molar-refractivity contribution in [2.24, 2.45) is 5.73 Å². The SMILES string of the molecule is CC.CN.[C-]#[N+]CCOP(Cl)N(C(C)C)C(C)C.[C-]#[N+]CCOP(ON(C(C)C)C(C)C)N(C(C)C)C(C)C. The number of halogens is 1. The number of nitrogens with zero attached hydrogens (tertiary/aromatic N) is 5. The predicted octanol–water partition coefficient (Wildman–Crippen LogP) is 8.43. The average Bonchev–Trinajstić information content (AvgIpc) is 2.84. The van der Waals surface area contributed by atoms with Gasteiger partial charge in [0.25, 0.3) is 8.53 Å². The Hall–Kier alpha value is -0.150. The molecule has 2 atom stereocenters. The molecule has 0 aliphatic rings. The van der Waals surface area contributed by atoms with Crippen LogP contribution in [0.3, 0.4) is 0 Å². The first kappa shape index (κ1) is 45.8. The second kappa shape index (κ2) is 29.3. The van der Waals surface area contributed by atoms with E-state index in [1.54, 1.807) is 0 Å². The van der Waals surface area contributed by atoms with Crippen LogP contribution in [0.25, 0.3) is 9.69 Å². The van der Waals surface area contributed by atoms with Crippen LogP contribution in [0.2, 0.25) is 0 Å². The molecule has 0 saturated heterocycles. The average molecular weight is 615 g/mol. The fraction of sp³-hybridized carbons (Fsp3) is 0.926. The Morgan fingerprint density at radius 2 is 0.974 bits per heavy atom. The van der Waals surface area contributed by atoms with Gasteiger partial charge in [0.2, 0.25) is 20.7 Å². The molecular formula is C27H61ClN6O3P2. The van der Waals surface area contributed by atoms with E-state index in [0.29, 0.717) is 50.5 Å². The smallest absolute Gasteiger partial charge is 0.277 e. The minimum Gasteiger partial charge on any atom is -0.333 e. The van der Waals surface area contributed by atoms with E-state index in [-0.39, 0.29) is 12.1 Å². The maximum atomic E-state index is 6.89. The third kappa shape index (κ3) is 23.1. The van der Waals surface area contributed by atoms with Gasteiger partial charge in [-0.3, -0.25) is 0 Å². The third-order valence-electron chi connectivity index (χ3n) is 4.47. The Kier molecular flexibility index (Phi) is 34.5. The molecule has 0 aromatic carbocycles. The number of hydrogen-bond acceptors (Lipinski definition) is 7. The van der Waals surface area contributed by atoms with Gasteiger partial charge in [0, 0.05) is 36.3 Å². The van der Waals surface area contributed by atoms with Crippen LogP contribution in [0.5, 0.6) is 0 Å². The van der Waals surface area contributed by atoms with Crippen molar-refractivity contribution >= 4 is 27.4 Å². The van der Waals surface area contributed by atoms with Crippen molar-refractivity contribution in [3.8, 4) is 0 Å². The molecule has 0 aliphatic heterocycles. The van der Waals surface area contributed by atoms with E-state index in [1.807, 2.05) is 18.9 Å². The maximum Gasteiger partial charge on any atom is 0.277 e. The van der Waals surface area contributed by atoms with Gasteiger partial charge in [-0.05, 0) is 101 Å². The zero-order chi connectivity index (χ0) is 31.7. The zero-order valence-corrected chi connectivity index (χ0v) is 30.1. The molecule has 12 heteroatoms. The van der Waals surface area contributed by atoms with Crippen molar-refractivity contribution in [1.29, 1.82) is 0 Å². The van der Waals surface area contributed by atoms with E-state index in [0.717, 1.165) is 0 Å². The summed E-state index contributed by atoms with van der Waals surface area (Å²) in [6.45, 7) is 44.5. The van der Waals surface area contributed by atoms with Crippen molar-refractivity contribution in [3.05, 3.63) is 22.8 Å². The number of nitrogens with two attached hydrogens (primary N) is 1. The molecule has 0 spiro atoms. The number of hydroxylamine groups is 2. The third-order valence-corrected chi connectivity index (χ3v) is 9.01. The lowest BCUT2D eigenvalue weighted by atomic mass is 10.3. The van der Waals surface area contributed by atoms with E-state index in [4.69, 9.17) is 38.1 Å². The first-order valence-corrected chi connectivity index (χ1v) is 17.3. The Bertz CT molecular complexity index is 593. The maximum absolute atomic E-state index is 6.89. The van der Waals surface area contributed by atoms with Crippen LogP contribution in [0, 0.1) is 13.1 Å². The summed E-state index contributed by atoms with van der Waals surface area (Å²) in [7, 11) is -0.775. The van der Waals surface area contributed by atoms with Crippen LogP contribution in [0.4, 0.5) is 0 Å². The highest BCUT2D eigenvalue weighted by Crippen LogP contribution is 2.49. The number of rotatable bonds is 16. The van der Waals surface area contributed by atoms with Crippen molar-refractivity contribution < 1.29 is 13.7 Å². The standard InChI is InChI=1S/C15H32N3O2P.C9H18ClN2OP.C2H6.CH5N/c1-12(2)17(13(3)4)20-21(19-11-10-16-9)18(14(5)6)15(7)8;1-8(2)12(9(3)4)14(10)13-7-6-11-5;2*1-2/h12-15H,10-11H2,1-8H3;8-9H,6-7H2,1-4H3;1-2H3;2H2,1H3. The quantitative estimate of drug-likeness (QED) is 0.0809. The fourth-order valence-corrected chi connectivity index (χ4v) is 7.47. The predicted molar refractivity (Wildman–Crippen MR) is 173 cm³/mol. The molecule has 0 fully saturated rings. The van der Waals surface area contributed by atoms with Crippen molar-refractivity contribution in [2.45, 2.75) is 133 Å². The molecule has 39 heavy (non-hydrogen) atoms. The molecule has 0 rings (SSSR count). The van der Waals surface area contributed by atoms with E-state index < -0.39 is 16.2 Å². The summed E-state index contributed by atoms with van der Waals surface area (Å²) in [4.78, 5) is 6.57. The minimum atomic E-state index is -1.20. The van der Waals surface area contributed by atoms with Gasteiger partial charge in [-0.25, -0.2) is 27.1 Å². The Labute approximate surface area is 250 Å². The van der Waals surface area contributed by atoms with Gasteiger partial charge in [-0.15, -0.1) is 0 Å². The Balaban J connectivity index is -0.000000295. The van der Waals surface area contributed by atoms with Gasteiger partial charge in [-0.2, -0.15) is 5.06 Å². The zero-order valence-electron chi connectivity index (χ0n) is 27.6. The highest BCUT2D eigenvalue weighted by Gasteiger charge is 2.31. The van der Waals surface area contributed by atoms with E-state index in [2.05, 4.69) is 108 Å².